The van der Waals surface area contributed by atoms with E-state index in [0.717, 1.165) is 9.88 Å². The van der Waals surface area contributed by atoms with Gasteiger partial charge in [-0.2, -0.15) is 0 Å². The molecule has 118 valence electrons. The number of hydrogen-bond donors (Lipinski definition) is 2. The van der Waals surface area contributed by atoms with Crippen molar-refractivity contribution in [3.8, 4) is 0 Å². The molecule has 0 bridgehead atoms. The Balaban J connectivity index is 1.85. The number of thiazole rings is 1. The maximum absolute atomic E-state index is 11.7. The van der Waals surface area contributed by atoms with Crippen molar-refractivity contribution in [1.29, 1.82) is 0 Å². The molecule has 1 atom stereocenters. The minimum Gasteiger partial charge on any atom is -0.467 e. The summed E-state index contributed by atoms with van der Waals surface area (Å²) in [5.74, 6) is 0.165. The molecule has 2 N–H and O–H groups in total. The number of aliphatic hydroxyl groups is 1. The van der Waals surface area contributed by atoms with Crippen molar-refractivity contribution < 1.29 is 14.3 Å². The monoisotopic (exact) mass is 320 g/mol. The van der Waals surface area contributed by atoms with Crippen molar-refractivity contribution in [2.24, 2.45) is 0 Å². The zero-order chi connectivity index (χ0) is 16.2. The zero-order valence-corrected chi connectivity index (χ0v) is 13.7. The number of carbonyl (C=O) groups excluding carboxylic acids is 1. The average Bonchev–Trinajstić information content (AvgIpc) is 3.12. The van der Waals surface area contributed by atoms with Crippen LogP contribution in [0.25, 0.3) is 6.08 Å². The van der Waals surface area contributed by atoms with E-state index in [4.69, 9.17) is 4.42 Å². The molecule has 22 heavy (non-hydrogen) atoms. The van der Waals surface area contributed by atoms with Crippen LogP contribution in [0.3, 0.4) is 0 Å². The Labute approximate surface area is 133 Å². The Hall–Kier alpha value is -1.92. The number of rotatable bonds is 5. The summed E-state index contributed by atoms with van der Waals surface area (Å²) < 4.78 is 5.07. The molecule has 5 nitrogen and oxygen atoms in total. The lowest BCUT2D eigenvalue weighted by atomic mass is 9.98. The maximum Gasteiger partial charge on any atom is 0.244 e. The van der Waals surface area contributed by atoms with Gasteiger partial charge in [-0.1, -0.05) is 20.8 Å². The van der Waals surface area contributed by atoms with E-state index in [1.807, 2.05) is 0 Å². The minimum atomic E-state index is -0.844. The predicted octanol–water partition coefficient (Wildman–Crippen LogP) is 2.90. The van der Waals surface area contributed by atoms with Crippen LogP contribution in [0.1, 0.15) is 42.5 Å². The van der Waals surface area contributed by atoms with Crippen molar-refractivity contribution in [2.45, 2.75) is 32.3 Å². The van der Waals surface area contributed by atoms with Gasteiger partial charge in [0.25, 0.3) is 0 Å². The van der Waals surface area contributed by atoms with Crippen LogP contribution in [0.2, 0.25) is 0 Å². The molecule has 2 rings (SSSR count). The highest BCUT2D eigenvalue weighted by Gasteiger charge is 2.17. The summed E-state index contributed by atoms with van der Waals surface area (Å²) >= 11 is 1.56. The van der Waals surface area contributed by atoms with Crippen LogP contribution in [0.5, 0.6) is 0 Å². The zero-order valence-electron chi connectivity index (χ0n) is 12.9. The summed E-state index contributed by atoms with van der Waals surface area (Å²) in [4.78, 5) is 17.0. The number of nitrogens with one attached hydrogen (secondary N) is 1. The molecule has 0 aliphatic carbocycles. The molecule has 2 aromatic heterocycles. The quantitative estimate of drug-likeness (QED) is 0.831. The number of aliphatic hydroxyl groups excluding tert-OH is 1. The highest BCUT2D eigenvalue weighted by Crippen LogP contribution is 2.27. The molecular formula is C16H20N2O3S. The van der Waals surface area contributed by atoms with Gasteiger partial charge in [-0.05, 0) is 18.2 Å². The van der Waals surface area contributed by atoms with Crippen molar-refractivity contribution >= 4 is 23.3 Å². The molecular weight excluding hydrogens is 300 g/mol. The van der Waals surface area contributed by atoms with Gasteiger partial charge in [0.15, 0.2) is 0 Å². The number of carbonyl (C=O) groups is 1. The third-order valence-electron chi connectivity index (χ3n) is 2.91. The standard InChI is InChI=1S/C16H20N2O3S/c1-16(2,3)15-18-9-11(22-15)6-7-14(20)17-10-12(19)13-5-4-8-21-13/h4-9,12,19H,10H2,1-3H3,(H,17,20)/b7-6+. The molecule has 6 heteroatoms. The molecule has 2 heterocycles. The number of aromatic nitrogens is 1. The number of furan rings is 1. The van der Waals surface area contributed by atoms with Gasteiger partial charge in [0, 0.05) is 22.6 Å². The van der Waals surface area contributed by atoms with E-state index in [0.29, 0.717) is 5.76 Å². The predicted molar refractivity (Wildman–Crippen MR) is 86.5 cm³/mol. The first-order valence-corrected chi connectivity index (χ1v) is 7.81. The van der Waals surface area contributed by atoms with Gasteiger partial charge in [-0.25, -0.2) is 4.98 Å². The van der Waals surface area contributed by atoms with Gasteiger partial charge in [-0.15, -0.1) is 11.3 Å². The van der Waals surface area contributed by atoms with Crippen LogP contribution in [0, 0.1) is 0 Å². The third-order valence-corrected chi connectivity index (χ3v) is 4.29. The van der Waals surface area contributed by atoms with E-state index >= 15 is 0 Å². The van der Waals surface area contributed by atoms with E-state index in [-0.39, 0.29) is 17.9 Å². The molecule has 0 radical (unpaired) electrons. The number of amides is 1. The number of hydrogen-bond acceptors (Lipinski definition) is 5. The molecule has 0 aliphatic rings. The summed E-state index contributed by atoms with van der Waals surface area (Å²) in [6.07, 6.45) is 5.56. The second-order valence-corrected chi connectivity index (χ2v) is 6.99. The van der Waals surface area contributed by atoms with Gasteiger partial charge in [0.1, 0.15) is 11.9 Å². The second-order valence-electron chi connectivity index (χ2n) is 5.93. The first kappa shape index (κ1) is 16.5. The van der Waals surface area contributed by atoms with Crippen molar-refractivity contribution in [3.05, 3.63) is 46.3 Å². The molecule has 0 aliphatic heterocycles. The second kappa shape index (κ2) is 6.89. The highest BCUT2D eigenvalue weighted by molar-refractivity contribution is 7.12. The average molecular weight is 320 g/mol. The van der Waals surface area contributed by atoms with Crippen LogP contribution in [0.15, 0.2) is 35.1 Å². The fraction of sp³-hybridized carbons (Fsp3) is 0.375. The van der Waals surface area contributed by atoms with Gasteiger partial charge < -0.3 is 14.8 Å². The molecule has 0 saturated carbocycles. The van der Waals surface area contributed by atoms with Crippen LogP contribution < -0.4 is 5.32 Å². The summed E-state index contributed by atoms with van der Waals surface area (Å²) in [6, 6.07) is 3.36. The van der Waals surface area contributed by atoms with Crippen molar-refractivity contribution in [3.63, 3.8) is 0 Å². The number of nitrogens with zero attached hydrogens (tertiary/aromatic N) is 1. The molecule has 0 saturated heterocycles. The molecule has 1 amide bonds. The van der Waals surface area contributed by atoms with Gasteiger partial charge >= 0.3 is 0 Å². The minimum absolute atomic E-state index is 0.00612. The maximum atomic E-state index is 11.7. The lowest BCUT2D eigenvalue weighted by molar-refractivity contribution is -0.116. The van der Waals surface area contributed by atoms with Crippen LogP contribution in [-0.2, 0) is 10.2 Å². The Kier molecular flexibility index (Phi) is 5.15. The summed E-state index contributed by atoms with van der Waals surface area (Å²) in [5.41, 5.74) is 0.00612. The Bertz CT molecular complexity index is 639. The van der Waals surface area contributed by atoms with Crippen LogP contribution in [0.4, 0.5) is 0 Å². The molecule has 0 spiro atoms. The molecule has 2 aromatic rings. The van der Waals surface area contributed by atoms with Crippen LogP contribution >= 0.6 is 11.3 Å². The molecule has 1 unspecified atom stereocenters. The van der Waals surface area contributed by atoms with E-state index in [1.165, 1.54) is 12.3 Å². The van der Waals surface area contributed by atoms with Crippen molar-refractivity contribution in [1.82, 2.24) is 10.3 Å². The Morgan fingerprint density at radius 1 is 1.55 bits per heavy atom. The smallest absolute Gasteiger partial charge is 0.244 e. The summed E-state index contributed by atoms with van der Waals surface area (Å²) in [6.45, 7) is 6.40. The highest BCUT2D eigenvalue weighted by atomic mass is 32.1. The lowest BCUT2D eigenvalue weighted by Crippen LogP contribution is -2.26. The summed E-state index contributed by atoms with van der Waals surface area (Å²) in [7, 11) is 0. The molecule has 0 fully saturated rings. The van der Waals surface area contributed by atoms with Crippen LogP contribution in [-0.4, -0.2) is 22.5 Å². The third kappa shape index (κ3) is 4.54. The van der Waals surface area contributed by atoms with Gasteiger partial charge in [0.05, 0.1) is 17.8 Å². The fourth-order valence-corrected chi connectivity index (χ4v) is 2.58. The van der Waals surface area contributed by atoms with E-state index < -0.39 is 6.10 Å². The summed E-state index contributed by atoms with van der Waals surface area (Å²) in [5, 5.41) is 13.5. The largest absolute Gasteiger partial charge is 0.467 e. The van der Waals surface area contributed by atoms with E-state index in [2.05, 4.69) is 31.1 Å². The van der Waals surface area contributed by atoms with E-state index in [9.17, 15) is 9.90 Å². The first-order valence-electron chi connectivity index (χ1n) is 7.00. The van der Waals surface area contributed by atoms with Gasteiger partial charge in [-0.3, -0.25) is 4.79 Å². The molecule has 0 aromatic carbocycles. The van der Waals surface area contributed by atoms with Gasteiger partial charge in [0.2, 0.25) is 5.91 Å². The lowest BCUT2D eigenvalue weighted by Gasteiger charge is -2.13. The SMILES string of the molecule is CC(C)(C)c1ncc(/C=C/C(=O)NCC(O)c2ccco2)s1. The Morgan fingerprint density at radius 3 is 2.91 bits per heavy atom. The topological polar surface area (TPSA) is 75.4 Å². The Morgan fingerprint density at radius 2 is 2.32 bits per heavy atom. The normalized spacial score (nSPS) is 13.5. The van der Waals surface area contributed by atoms with Crippen molar-refractivity contribution in [2.75, 3.05) is 6.54 Å². The first-order chi connectivity index (χ1) is 10.4. The van der Waals surface area contributed by atoms with E-state index in [1.54, 1.807) is 35.7 Å². The fourth-order valence-electron chi connectivity index (χ4n) is 1.71.